The highest BCUT2D eigenvalue weighted by molar-refractivity contribution is 9.10. The summed E-state index contributed by atoms with van der Waals surface area (Å²) in [5.74, 6) is -2.80. The Morgan fingerprint density at radius 3 is 2.36 bits per heavy atom. The molecule has 50 heavy (non-hydrogen) atoms. The Bertz CT molecular complexity index is 1930. The van der Waals surface area contributed by atoms with Crippen LogP contribution in [0.1, 0.15) is 57.0 Å². The van der Waals surface area contributed by atoms with Gasteiger partial charge in [-0.05, 0) is 65.0 Å². The molecule has 5 heterocycles. The molecular formula is C35H38BrFN8O5. The minimum atomic E-state index is -1.10. The van der Waals surface area contributed by atoms with Crippen LogP contribution in [0.5, 0.6) is 0 Å². The molecule has 0 bridgehead atoms. The predicted octanol–water partition coefficient (Wildman–Crippen LogP) is 2.31. The fraction of sp³-hybridized carbons (Fsp3) is 0.429. The summed E-state index contributed by atoms with van der Waals surface area (Å²) in [6.45, 7) is 4.97. The highest BCUT2D eigenvalue weighted by Gasteiger charge is 2.45. The zero-order valence-corrected chi connectivity index (χ0v) is 29.4. The third kappa shape index (κ3) is 6.56. The maximum Gasteiger partial charge on any atom is 0.282 e. The second-order valence-electron chi connectivity index (χ2n) is 13.6. The topological polar surface area (TPSA) is 140 Å². The number of carbonyl (C=O) groups excluding carboxylic acids is 4. The van der Waals surface area contributed by atoms with Gasteiger partial charge >= 0.3 is 0 Å². The third-order valence-electron chi connectivity index (χ3n) is 10.1. The SMILES string of the molecule is CN1C[C@@H](Nc2cnn(C)c(=O)c2Br)C[C@@H](c2ccc(CN3CCN(c4cc5c(cc4F)C(=O)N(C4CCC(=O)NC4=O)C5=O)CC3)cc2)C1. The number of likely N-dealkylation sites (tertiary alicyclic amines) is 1. The van der Waals surface area contributed by atoms with Gasteiger partial charge in [-0.3, -0.25) is 39.1 Å². The first-order chi connectivity index (χ1) is 24.0. The summed E-state index contributed by atoms with van der Waals surface area (Å²) in [4.78, 5) is 70.0. The van der Waals surface area contributed by atoms with Crippen LogP contribution in [-0.4, -0.2) is 107 Å². The molecule has 7 rings (SSSR count). The molecule has 1 aromatic heterocycles. The molecule has 3 saturated heterocycles. The number of hydrogen-bond donors (Lipinski definition) is 2. The van der Waals surface area contributed by atoms with Crippen molar-refractivity contribution >= 4 is 50.9 Å². The standard InChI is InChI=1S/C35H38BrFN8O5/c1-41-18-22(13-23(19-41)39-27-16-38-42(2)35(50)31(27)36)21-5-3-20(4-6-21)17-43-9-11-44(12-10-43)29-15-25-24(14-26(29)37)33(48)45(34(25)49)28-7-8-30(46)40-32(28)47/h3-6,14-16,22-23,28,39H,7-13,17-19H2,1-2H3,(H,40,46,47)/t22-,23+,28?/m1/s1. The molecule has 13 nitrogen and oxygen atoms in total. The first kappa shape index (κ1) is 34.0. The molecule has 1 unspecified atom stereocenters. The molecule has 2 N–H and O–H groups in total. The molecule has 3 aromatic rings. The number of halogens is 2. The number of fused-ring (bicyclic) bond motifs is 1. The Morgan fingerprint density at radius 1 is 0.960 bits per heavy atom. The zero-order chi connectivity index (χ0) is 35.3. The van der Waals surface area contributed by atoms with E-state index in [0.29, 0.717) is 42.3 Å². The first-order valence-corrected chi connectivity index (χ1v) is 17.5. The minimum absolute atomic E-state index is 0.0188. The number of aromatic nitrogens is 2. The number of imide groups is 2. The van der Waals surface area contributed by atoms with E-state index < -0.39 is 35.5 Å². The van der Waals surface area contributed by atoms with E-state index in [0.717, 1.165) is 37.0 Å². The zero-order valence-electron chi connectivity index (χ0n) is 27.8. The number of likely N-dealkylation sites (N-methyl/N-ethyl adjacent to an activating group) is 1. The number of anilines is 2. The van der Waals surface area contributed by atoms with E-state index in [1.807, 2.05) is 4.90 Å². The number of piperazine rings is 1. The van der Waals surface area contributed by atoms with E-state index >= 15 is 4.39 Å². The van der Waals surface area contributed by atoms with Gasteiger partial charge in [0.05, 0.1) is 28.7 Å². The summed E-state index contributed by atoms with van der Waals surface area (Å²) in [6, 6.07) is 10.3. The number of aryl methyl sites for hydroxylation is 1. The average Bonchev–Trinajstić information content (AvgIpc) is 3.33. The Morgan fingerprint density at radius 2 is 1.66 bits per heavy atom. The van der Waals surface area contributed by atoms with Crippen molar-refractivity contribution in [1.29, 1.82) is 0 Å². The Labute approximate surface area is 296 Å². The average molecular weight is 750 g/mol. The molecule has 4 amide bonds. The summed E-state index contributed by atoms with van der Waals surface area (Å²) < 4.78 is 17.2. The fourth-order valence-electron chi connectivity index (χ4n) is 7.52. The van der Waals surface area contributed by atoms with Crippen molar-refractivity contribution in [1.82, 2.24) is 29.8 Å². The van der Waals surface area contributed by atoms with E-state index in [-0.39, 0.29) is 41.3 Å². The van der Waals surface area contributed by atoms with Crippen LogP contribution in [0.2, 0.25) is 0 Å². The van der Waals surface area contributed by atoms with E-state index in [2.05, 4.69) is 72.8 Å². The van der Waals surface area contributed by atoms with E-state index in [9.17, 15) is 24.0 Å². The lowest BCUT2D eigenvalue weighted by Gasteiger charge is -2.37. The molecule has 2 aromatic carbocycles. The van der Waals surface area contributed by atoms with Crippen molar-refractivity contribution in [2.75, 3.05) is 56.5 Å². The van der Waals surface area contributed by atoms with Gasteiger partial charge in [0.1, 0.15) is 16.3 Å². The van der Waals surface area contributed by atoms with Crippen molar-refractivity contribution in [2.45, 2.75) is 43.8 Å². The maximum absolute atomic E-state index is 15.4. The van der Waals surface area contributed by atoms with Gasteiger partial charge < -0.3 is 15.1 Å². The van der Waals surface area contributed by atoms with Crippen LogP contribution in [0.15, 0.2) is 51.9 Å². The van der Waals surface area contributed by atoms with Crippen molar-refractivity contribution < 1.29 is 23.6 Å². The molecule has 3 atom stereocenters. The maximum atomic E-state index is 15.4. The van der Waals surface area contributed by atoms with Crippen molar-refractivity contribution in [3.05, 3.63) is 85.5 Å². The van der Waals surface area contributed by atoms with Crippen LogP contribution in [0, 0.1) is 5.82 Å². The number of carbonyl (C=O) groups is 4. The molecule has 3 fully saturated rings. The number of nitrogens with one attached hydrogen (secondary N) is 2. The van der Waals surface area contributed by atoms with Gasteiger partial charge in [-0.1, -0.05) is 24.3 Å². The number of piperidine rings is 2. The molecule has 4 aliphatic heterocycles. The van der Waals surface area contributed by atoms with Gasteiger partial charge in [-0.2, -0.15) is 5.10 Å². The Hall–Kier alpha value is -4.47. The van der Waals surface area contributed by atoms with Gasteiger partial charge in [0.25, 0.3) is 17.4 Å². The lowest BCUT2D eigenvalue weighted by Crippen LogP contribution is -2.54. The molecule has 0 saturated carbocycles. The smallest absolute Gasteiger partial charge is 0.282 e. The lowest BCUT2D eigenvalue weighted by atomic mass is 9.87. The minimum Gasteiger partial charge on any atom is -0.379 e. The lowest BCUT2D eigenvalue weighted by molar-refractivity contribution is -0.136. The highest BCUT2D eigenvalue weighted by Crippen LogP contribution is 2.34. The van der Waals surface area contributed by atoms with Crippen LogP contribution < -0.4 is 21.1 Å². The van der Waals surface area contributed by atoms with Crippen LogP contribution in [0.3, 0.4) is 0 Å². The number of benzene rings is 2. The molecule has 262 valence electrons. The summed E-state index contributed by atoms with van der Waals surface area (Å²) in [5, 5.41) is 9.84. The van der Waals surface area contributed by atoms with Crippen molar-refractivity contribution in [2.24, 2.45) is 7.05 Å². The van der Waals surface area contributed by atoms with Crippen molar-refractivity contribution in [3.8, 4) is 0 Å². The number of amides is 4. The van der Waals surface area contributed by atoms with E-state index in [4.69, 9.17) is 0 Å². The largest absolute Gasteiger partial charge is 0.379 e. The third-order valence-corrected chi connectivity index (χ3v) is 10.9. The van der Waals surface area contributed by atoms with E-state index in [1.165, 1.54) is 21.9 Å². The highest BCUT2D eigenvalue weighted by atomic mass is 79.9. The summed E-state index contributed by atoms with van der Waals surface area (Å²) in [7, 11) is 3.73. The second kappa shape index (κ2) is 13.7. The van der Waals surface area contributed by atoms with Crippen LogP contribution in [0.25, 0.3) is 0 Å². The molecule has 0 spiro atoms. The summed E-state index contributed by atoms with van der Waals surface area (Å²) in [6.07, 6.45) is 2.65. The van der Waals surface area contributed by atoms with E-state index in [1.54, 1.807) is 13.2 Å². The number of rotatable bonds is 7. The predicted molar refractivity (Wildman–Crippen MR) is 186 cm³/mol. The molecule has 0 radical (unpaired) electrons. The van der Waals surface area contributed by atoms with Gasteiger partial charge in [0.2, 0.25) is 11.8 Å². The summed E-state index contributed by atoms with van der Waals surface area (Å²) in [5.41, 5.74) is 3.21. The molecule has 15 heteroatoms. The Balaban J connectivity index is 0.953. The number of nitrogens with zero attached hydrogens (tertiary/aromatic N) is 6. The molecule has 4 aliphatic rings. The number of hydrogen-bond acceptors (Lipinski definition) is 10. The molecule has 0 aliphatic carbocycles. The second-order valence-corrected chi connectivity index (χ2v) is 14.4. The van der Waals surface area contributed by atoms with Crippen LogP contribution in [0.4, 0.5) is 15.8 Å². The van der Waals surface area contributed by atoms with Crippen molar-refractivity contribution in [3.63, 3.8) is 0 Å². The Kier molecular flexibility index (Phi) is 9.30. The van der Waals surface area contributed by atoms with Crippen LogP contribution in [-0.2, 0) is 23.2 Å². The quantitative estimate of drug-likeness (QED) is 0.346. The summed E-state index contributed by atoms with van der Waals surface area (Å²) >= 11 is 3.42. The first-order valence-electron chi connectivity index (χ1n) is 16.7. The fourth-order valence-corrected chi connectivity index (χ4v) is 7.99. The van der Waals surface area contributed by atoms with Crippen LogP contribution >= 0.6 is 15.9 Å². The normalized spacial score (nSPS) is 23.3. The monoisotopic (exact) mass is 748 g/mol. The van der Waals surface area contributed by atoms with Gasteiger partial charge in [-0.15, -0.1) is 0 Å². The van der Waals surface area contributed by atoms with Gasteiger partial charge in [0.15, 0.2) is 0 Å². The molecular weight excluding hydrogens is 711 g/mol. The van der Waals surface area contributed by atoms with Gasteiger partial charge in [-0.25, -0.2) is 9.07 Å². The van der Waals surface area contributed by atoms with Gasteiger partial charge in [0, 0.05) is 65.3 Å².